The van der Waals surface area contributed by atoms with E-state index in [-0.39, 0.29) is 0 Å². The summed E-state index contributed by atoms with van der Waals surface area (Å²) in [5.41, 5.74) is 7.07. The number of piperidine rings is 1. The van der Waals surface area contributed by atoms with Gasteiger partial charge in [-0.05, 0) is 39.8 Å². The van der Waals surface area contributed by atoms with Gasteiger partial charge in [0, 0.05) is 29.8 Å². The van der Waals surface area contributed by atoms with E-state index in [1.165, 1.54) is 35.0 Å². The van der Waals surface area contributed by atoms with E-state index >= 15 is 0 Å². The van der Waals surface area contributed by atoms with Crippen molar-refractivity contribution in [3.05, 3.63) is 15.6 Å². The van der Waals surface area contributed by atoms with E-state index in [1.54, 1.807) is 0 Å². The number of thiazole rings is 1. The molecular formula is C14H25N3S. The molecule has 1 saturated heterocycles. The lowest BCUT2D eigenvalue weighted by Crippen LogP contribution is -2.30. The van der Waals surface area contributed by atoms with Crippen LogP contribution in [-0.2, 0) is 0 Å². The second kappa shape index (κ2) is 6.13. The summed E-state index contributed by atoms with van der Waals surface area (Å²) in [7, 11) is 2.21. The lowest BCUT2D eigenvalue weighted by Gasteiger charge is -2.28. The normalized spacial score (nSPS) is 23.2. The molecule has 2 N–H and O–H groups in total. The molecule has 1 aliphatic rings. The Hall–Kier alpha value is -0.450. The minimum atomic E-state index is 0.498. The smallest absolute Gasteiger partial charge is 0.0974 e. The highest BCUT2D eigenvalue weighted by Gasteiger charge is 2.24. The first-order chi connectivity index (χ1) is 8.65. The average molecular weight is 267 g/mol. The van der Waals surface area contributed by atoms with Crippen molar-refractivity contribution in [3.63, 3.8) is 0 Å². The molecule has 2 atom stereocenters. The Bertz CT molecular complexity index is 384. The Morgan fingerprint density at radius 3 is 2.94 bits per heavy atom. The zero-order chi connectivity index (χ0) is 13.1. The SMILES string of the molecule is CCC(CN)c1sc(C2CCCN(C)C2)nc1C. The number of hydrogen-bond acceptors (Lipinski definition) is 4. The highest BCUT2D eigenvalue weighted by atomic mass is 32.1. The first-order valence-corrected chi connectivity index (χ1v) is 7.83. The van der Waals surface area contributed by atoms with Crippen LogP contribution < -0.4 is 5.73 Å². The number of hydrogen-bond donors (Lipinski definition) is 1. The van der Waals surface area contributed by atoms with Gasteiger partial charge in [-0.15, -0.1) is 11.3 Å². The molecule has 0 aliphatic carbocycles. The van der Waals surface area contributed by atoms with E-state index in [1.807, 2.05) is 11.3 Å². The van der Waals surface area contributed by atoms with Crippen molar-refractivity contribution in [2.75, 3.05) is 26.7 Å². The standard InChI is InChI=1S/C14H25N3S/c1-4-11(8-15)13-10(2)16-14(18-13)12-6-5-7-17(3)9-12/h11-12H,4-9,15H2,1-3H3. The molecule has 1 aromatic heterocycles. The molecule has 3 nitrogen and oxygen atoms in total. The van der Waals surface area contributed by atoms with Gasteiger partial charge in [0.1, 0.15) is 0 Å². The van der Waals surface area contributed by atoms with Crippen LogP contribution in [0.15, 0.2) is 0 Å². The van der Waals surface area contributed by atoms with Gasteiger partial charge in [-0.25, -0.2) is 4.98 Å². The lowest BCUT2D eigenvalue weighted by molar-refractivity contribution is 0.250. The summed E-state index contributed by atoms with van der Waals surface area (Å²) in [5, 5.41) is 1.33. The van der Waals surface area contributed by atoms with Crippen LogP contribution in [0, 0.1) is 6.92 Å². The minimum Gasteiger partial charge on any atom is -0.330 e. The molecule has 1 fully saturated rings. The Morgan fingerprint density at radius 1 is 1.56 bits per heavy atom. The second-order valence-corrected chi connectivity index (χ2v) is 6.51. The van der Waals surface area contributed by atoms with E-state index in [0.717, 1.165) is 19.5 Å². The highest BCUT2D eigenvalue weighted by molar-refractivity contribution is 7.12. The summed E-state index contributed by atoms with van der Waals surface area (Å²) in [6.07, 6.45) is 3.70. The summed E-state index contributed by atoms with van der Waals surface area (Å²) >= 11 is 1.91. The lowest BCUT2D eigenvalue weighted by atomic mass is 9.99. The molecule has 2 unspecified atom stereocenters. The van der Waals surface area contributed by atoms with Crippen molar-refractivity contribution in [1.29, 1.82) is 0 Å². The van der Waals surface area contributed by atoms with Crippen LogP contribution in [0.25, 0.3) is 0 Å². The van der Waals surface area contributed by atoms with E-state index in [9.17, 15) is 0 Å². The Kier molecular flexibility index (Phi) is 4.76. The number of aromatic nitrogens is 1. The summed E-state index contributed by atoms with van der Waals surface area (Å²) in [6.45, 7) is 7.48. The number of nitrogens with two attached hydrogens (primary N) is 1. The molecule has 0 aromatic carbocycles. The van der Waals surface area contributed by atoms with Crippen LogP contribution in [0.4, 0.5) is 0 Å². The van der Waals surface area contributed by atoms with Gasteiger partial charge in [-0.2, -0.15) is 0 Å². The zero-order valence-corrected chi connectivity index (χ0v) is 12.6. The number of likely N-dealkylation sites (N-methyl/N-ethyl adjacent to an activating group) is 1. The first kappa shape index (κ1) is 14.0. The average Bonchev–Trinajstić information content (AvgIpc) is 2.74. The van der Waals surface area contributed by atoms with Gasteiger partial charge in [-0.3, -0.25) is 0 Å². The molecular weight excluding hydrogens is 242 g/mol. The number of rotatable bonds is 4. The maximum atomic E-state index is 5.86. The van der Waals surface area contributed by atoms with Gasteiger partial charge in [0.25, 0.3) is 0 Å². The van der Waals surface area contributed by atoms with E-state index < -0.39 is 0 Å². The molecule has 4 heteroatoms. The maximum absolute atomic E-state index is 5.86. The Labute approximate surface area is 114 Å². The summed E-state index contributed by atoms with van der Waals surface area (Å²) in [4.78, 5) is 8.66. The van der Waals surface area contributed by atoms with Gasteiger partial charge in [0.2, 0.25) is 0 Å². The fourth-order valence-electron chi connectivity index (χ4n) is 2.81. The molecule has 1 aliphatic heterocycles. The predicted molar refractivity (Wildman–Crippen MR) is 78.4 cm³/mol. The van der Waals surface area contributed by atoms with Gasteiger partial charge in [-0.1, -0.05) is 6.92 Å². The number of nitrogens with zero attached hydrogens (tertiary/aromatic N) is 2. The Balaban J connectivity index is 2.17. The minimum absolute atomic E-state index is 0.498. The third-order valence-corrected chi connectivity index (χ3v) is 5.45. The molecule has 0 saturated carbocycles. The van der Waals surface area contributed by atoms with Gasteiger partial charge >= 0.3 is 0 Å². The van der Waals surface area contributed by atoms with Gasteiger partial charge in [0.15, 0.2) is 0 Å². The molecule has 0 spiro atoms. The van der Waals surface area contributed by atoms with Crippen LogP contribution in [-0.4, -0.2) is 36.6 Å². The van der Waals surface area contributed by atoms with Crippen molar-refractivity contribution in [2.24, 2.45) is 5.73 Å². The fourth-order valence-corrected chi connectivity index (χ4v) is 4.20. The molecule has 0 radical (unpaired) electrons. The molecule has 18 heavy (non-hydrogen) atoms. The van der Waals surface area contributed by atoms with E-state index in [2.05, 4.69) is 25.8 Å². The second-order valence-electron chi connectivity index (χ2n) is 5.44. The molecule has 1 aromatic rings. The monoisotopic (exact) mass is 267 g/mol. The molecule has 2 rings (SSSR count). The van der Waals surface area contributed by atoms with Crippen LogP contribution in [0.1, 0.15) is 53.6 Å². The predicted octanol–water partition coefficient (Wildman–Crippen LogP) is 2.71. The van der Waals surface area contributed by atoms with Crippen molar-refractivity contribution in [1.82, 2.24) is 9.88 Å². The third-order valence-electron chi connectivity index (χ3n) is 3.97. The topological polar surface area (TPSA) is 42.1 Å². The van der Waals surface area contributed by atoms with Gasteiger partial charge < -0.3 is 10.6 Å². The van der Waals surface area contributed by atoms with Crippen LogP contribution in [0.3, 0.4) is 0 Å². The van der Waals surface area contributed by atoms with E-state index in [0.29, 0.717) is 11.8 Å². The summed E-state index contributed by atoms with van der Waals surface area (Å²) in [6, 6.07) is 0. The summed E-state index contributed by atoms with van der Waals surface area (Å²) in [5.74, 6) is 1.13. The molecule has 2 heterocycles. The van der Waals surface area contributed by atoms with Crippen molar-refractivity contribution in [2.45, 2.75) is 44.9 Å². The Morgan fingerprint density at radius 2 is 2.33 bits per heavy atom. The van der Waals surface area contributed by atoms with E-state index in [4.69, 9.17) is 10.7 Å². The highest BCUT2D eigenvalue weighted by Crippen LogP contribution is 2.35. The molecule has 0 amide bonds. The number of likely N-dealkylation sites (tertiary alicyclic amines) is 1. The number of aryl methyl sites for hydroxylation is 1. The summed E-state index contributed by atoms with van der Waals surface area (Å²) < 4.78 is 0. The maximum Gasteiger partial charge on any atom is 0.0974 e. The van der Waals surface area contributed by atoms with Crippen molar-refractivity contribution in [3.8, 4) is 0 Å². The fraction of sp³-hybridized carbons (Fsp3) is 0.786. The third kappa shape index (κ3) is 2.92. The van der Waals surface area contributed by atoms with Crippen LogP contribution in [0.5, 0.6) is 0 Å². The zero-order valence-electron chi connectivity index (χ0n) is 11.8. The molecule has 0 bridgehead atoms. The van der Waals surface area contributed by atoms with Crippen molar-refractivity contribution < 1.29 is 0 Å². The van der Waals surface area contributed by atoms with Gasteiger partial charge in [0.05, 0.1) is 10.7 Å². The van der Waals surface area contributed by atoms with Crippen LogP contribution >= 0.6 is 11.3 Å². The largest absolute Gasteiger partial charge is 0.330 e. The quantitative estimate of drug-likeness (QED) is 0.912. The van der Waals surface area contributed by atoms with Crippen molar-refractivity contribution >= 4 is 11.3 Å². The van der Waals surface area contributed by atoms with Crippen LogP contribution in [0.2, 0.25) is 0 Å². The first-order valence-electron chi connectivity index (χ1n) is 7.01. The molecule has 102 valence electrons.